The molecule has 1 atom stereocenters. The number of hydrogen-bond donors (Lipinski definition) is 2. The van der Waals surface area contributed by atoms with Gasteiger partial charge in [0.2, 0.25) is 0 Å². The Balaban J connectivity index is 2.34. The molecule has 0 aliphatic heterocycles. The quantitative estimate of drug-likeness (QED) is 0.480. The van der Waals surface area contributed by atoms with Crippen LogP contribution < -0.4 is 5.73 Å². The van der Waals surface area contributed by atoms with Crippen LogP contribution in [0, 0.1) is 5.92 Å². The Morgan fingerprint density at radius 1 is 1.73 bits per heavy atom. The number of aliphatic imine (C=N–C) groups is 1. The van der Waals surface area contributed by atoms with Gasteiger partial charge in [0.05, 0.1) is 0 Å². The highest BCUT2D eigenvalue weighted by Gasteiger charge is 2.24. The van der Waals surface area contributed by atoms with Crippen molar-refractivity contribution in [2.24, 2.45) is 16.6 Å². The molecular formula is C7H14N2OS. The van der Waals surface area contributed by atoms with Gasteiger partial charge in [-0.25, -0.2) is 4.99 Å². The predicted molar refractivity (Wildman–Crippen MR) is 48.5 cm³/mol. The SMILES string of the molecule is CSC(N)=NC(O)C1CCC1. The first-order valence-electron chi connectivity index (χ1n) is 3.79. The highest BCUT2D eigenvalue weighted by Crippen LogP contribution is 2.30. The molecule has 3 nitrogen and oxygen atoms in total. The van der Waals surface area contributed by atoms with Crippen LogP contribution in [0.2, 0.25) is 0 Å². The lowest BCUT2D eigenvalue weighted by Gasteiger charge is -2.27. The van der Waals surface area contributed by atoms with Crippen molar-refractivity contribution in [3.8, 4) is 0 Å². The van der Waals surface area contributed by atoms with Crippen LogP contribution in [-0.4, -0.2) is 22.8 Å². The first-order valence-corrected chi connectivity index (χ1v) is 5.02. The fraction of sp³-hybridized carbons (Fsp3) is 0.857. The summed E-state index contributed by atoms with van der Waals surface area (Å²) in [6, 6.07) is 0. The summed E-state index contributed by atoms with van der Waals surface area (Å²) < 4.78 is 0. The van der Waals surface area contributed by atoms with Crippen molar-refractivity contribution in [1.29, 1.82) is 0 Å². The van der Waals surface area contributed by atoms with E-state index in [-0.39, 0.29) is 0 Å². The average molecular weight is 174 g/mol. The normalized spacial score (nSPS) is 22.9. The van der Waals surface area contributed by atoms with Gasteiger partial charge in [-0.3, -0.25) is 0 Å². The van der Waals surface area contributed by atoms with Crippen LogP contribution in [0.4, 0.5) is 0 Å². The number of nitrogens with zero attached hydrogens (tertiary/aromatic N) is 1. The van der Waals surface area contributed by atoms with Gasteiger partial charge in [-0.15, -0.1) is 0 Å². The van der Waals surface area contributed by atoms with Crippen LogP contribution in [0.5, 0.6) is 0 Å². The summed E-state index contributed by atoms with van der Waals surface area (Å²) >= 11 is 1.37. The Hall–Kier alpha value is -0.220. The molecule has 0 aromatic rings. The summed E-state index contributed by atoms with van der Waals surface area (Å²) in [6.07, 6.45) is 4.69. The maximum absolute atomic E-state index is 9.39. The Morgan fingerprint density at radius 2 is 2.36 bits per heavy atom. The molecule has 0 amide bonds. The van der Waals surface area contributed by atoms with E-state index in [4.69, 9.17) is 5.73 Å². The molecule has 1 rings (SSSR count). The zero-order chi connectivity index (χ0) is 8.27. The summed E-state index contributed by atoms with van der Waals surface area (Å²) in [6.45, 7) is 0. The van der Waals surface area contributed by atoms with Gasteiger partial charge >= 0.3 is 0 Å². The second-order valence-corrected chi connectivity index (χ2v) is 3.60. The van der Waals surface area contributed by atoms with Gasteiger partial charge < -0.3 is 10.8 Å². The third-order valence-electron chi connectivity index (χ3n) is 2.04. The number of aliphatic hydroxyl groups excluding tert-OH is 1. The van der Waals surface area contributed by atoms with Crippen LogP contribution in [0.15, 0.2) is 4.99 Å². The summed E-state index contributed by atoms with van der Waals surface area (Å²) in [4.78, 5) is 3.93. The van der Waals surface area contributed by atoms with Crippen LogP contribution in [-0.2, 0) is 0 Å². The number of nitrogens with two attached hydrogens (primary N) is 1. The summed E-state index contributed by atoms with van der Waals surface area (Å²) in [5.74, 6) is 0.362. The van der Waals surface area contributed by atoms with Crippen LogP contribution in [0.3, 0.4) is 0 Å². The first-order chi connectivity index (χ1) is 5.24. The van der Waals surface area contributed by atoms with E-state index in [1.165, 1.54) is 18.2 Å². The number of hydrogen-bond acceptors (Lipinski definition) is 3. The molecule has 1 fully saturated rings. The van der Waals surface area contributed by atoms with Crippen LogP contribution >= 0.6 is 11.8 Å². The first kappa shape index (κ1) is 8.87. The summed E-state index contributed by atoms with van der Waals surface area (Å²) in [7, 11) is 0. The monoisotopic (exact) mass is 174 g/mol. The zero-order valence-corrected chi connectivity index (χ0v) is 7.47. The molecular weight excluding hydrogens is 160 g/mol. The van der Waals surface area contributed by atoms with E-state index < -0.39 is 6.23 Å². The molecule has 0 bridgehead atoms. The van der Waals surface area contributed by atoms with Crippen molar-refractivity contribution in [2.45, 2.75) is 25.5 Å². The van der Waals surface area contributed by atoms with Gasteiger partial charge in [0.25, 0.3) is 0 Å². The standard InChI is InChI=1S/C7H14N2OS/c1-11-7(8)9-6(10)5-3-2-4-5/h5-6,10H,2-4H2,1H3,(H2,8,9). The molecule has 0 heterocycles. The fourth-order valence-electron chi connectivity index (χ4n) is 1.03. The van der Waals surface area contributed by atoms with E-state index in [2.05, 4.69) is 4.99 Å². The van der Waals surface area contributed by atoms with E-state index in [1.54, 1.807) is 0 Å². The van der Waals surface area contributed by atoms with Gasteiger partial charge in [-0.1, -0.05) is 18.2 Å². The van der Waals surface area contributed by atoms with Crippen molar-refractivity contribution in [3.63, 3.8) is 0 Å². The molecule has 1 aliphatic carbocycles. The third kappa shape index (κ3) is 2.38. The predicted octanol–water partition coefficient (Wildman–Crippen LogP) is 0.783. The lowest BCUT2D eigenvalue weighted by molar-refractivity contribution is 0.0704. The second-order valence-electron chi connectivity index (χ2n) is 2.78. The van der Waals surface area contributed by atoms with E-state index >= 15 is 0 Å². The minimum absolute atomic E-state index is 0.362. The number of thioether (sulfide) groups is 1. The van der Waals surface area contributed by atoms with Crippen molar-refractivity contribution < 1.29 is 5.11 Å². The summed E-state index contributed by atoms with van der Waals surface area (Å²) in [5.41, 5.74) is 5.44. The minimum Gasteiger partial charge on any atom is -0.378 e. The lowest BCUT2D eigenvalue weighted by atomic mass is 9.84. The molecule has 1 saturated carbocycles. The smallest absolute Gasteiger partial charge is 0.156 e. The van der Waals surface area contributed by atoms with Crippen molar-refractivity contribution in [3.05, 3.63) is 0 Å². The second kappa shape index (κ2) is 3.97. The molecule has 0 aromatic heterocycles. The molecule has 0 radical (unpaired) electrons. The highest BCUT2D eigenvalue weighted by atomic mass is 32.2. The van der Waals surface area contributed by atoms with Crippen molar-refractivity contribution in [1.82, 2.24) is 0 Å². The topological polar surface area (TPSA) is 58.6 Å². The molecule has 64 valence electrons. The van der Waals surface area contributed by atoms with Crippen LogP contribution in [0.25, 0.3) is 0 Å². The molecule has 11 heavy (non-hydrogen) atoms. The number of rotatable bonds is 2. The zero-order valence-electron chi connectivity index (χ0n) is 6.66. The van der Waals surface area contributed by atoms with Crippen molar-refractivity contribution in [2.75, 3.05) is 6.26 Å². The van der Waals surface area contributed by atoms with E-state index in [0.29, 0.717) is 11.1 Å². The molecule has 4 heteroatoms. The minimum atomic E-state index is -0.559. The van der Waals surface area contributed by atoms with E-state index in [9.17, 15) is 5.11 Å². The van der Waals surface area contributed by atoms with Gasteiger partial charge in [0.15, 0.2) is 11.4 Å². The van der Waals surface area contributed by atoms with E-state index in [1.807, 2.05) is 6.26 Å². The third-order valence-corrected chi connectivity index (χ3v) is 2.56. The lowest BCUT2D eigenvalue weighted by Crippen LogP contribution is -2.26. The summed E-state index contributed by atoms with van der Waals surface area (Å²) in [5, 5.41) is 9.87. The van der Waals surface area contributed by atoms with Gasteiger partial charge in [0.1, 0.15) is 0 Å². The largest absolute Gasteiger partial charge is 0.378 e. The molecule has 1 aliphatic rings. The molecule has 0 aromatic carbocycles. The Labute approximate surface area is 71.1 Å². The molecule has 3 N–H and O–H groups in total. The Morgan fingerprint density at radius 3 is 2.73 bits per heavy atom. The highest BCUT2D eigenvalue weighted by molar-refractivity contribution is 8.13. The van der Waals surface area contributed by atoms with E-state index in [0.717, 1.165) is 12.8 Å². The van der Waals surface area contributed by atoms with Gasteiger partial charge in [0, 0.05) is 5.92 Å². The van der Waals surface area contributed by atoms with Crippen molar-refractivity contribution >= 4 is 16.9 Å². The van der Waals surface area contributed by atoms with Gasteiger partial charge in [-0.05, 0) is 19.1 Å². The van der Waals surface area contributed by atoms with Gasteiger partial charge in [-0.2, -0.15) is 0 Å². The van der Waals surface area contributed by atoms with Crippen LogP contribution in [0.1, 0.15) is 19.3 Å². The Kier molecular flexibility index (Phi) is 3.20. The fourth-order valence-corrected chi connectivity index (χ4v) is 1.24. The maximum Gasteiger partial charge on any atom is 0.156 e. The number of aliphatic hydroxyl groups is 1. The molecule has 0 spiro atoms. The molecule has 1 unspecified atom stereocenters. The Bertz CT molecular complexity index is 157. The average Bonchev–Trinajstić information content (AvgIpc) is 1.83. The number of amidine groups is 1. The molecule has 0 saturated heterocycles. The maximum atomic E-state index is 9.39.